The molecule has 1 N–H and O–H groups in total. The second-order valence-electron chi connectivity index (χ2n) is 9.24. The molecule has 0 atom stereocenters. The number of hydrogen-bond donors (Lipinski definition) is 1. The maximum atomic E-state index is 13.5. The number of fused-ring (bicyclic) bond motifs is 1. The maximum absolute atomic E-state index is 13.5. The second kappa shape index (κ2) is 7.32. The van der Waals surface area contributed by atoms with Crippen LogP contribution in [0, 0.1) is 11.2 Å². The maximum Gasteiger partial charge on any atom is 0.226 e. The van der Waals surface area contributed by atoms with Crippen LogP contribution in [0.4, 0.5) is 10.2 Å². The van der Waals surface area contributed by atoms with Crippen LogP contribution in [0.1, 0.15) is 52.1 Å². The lowest BCUT2D eigenvalue weighted by Gasteiger charge is -2.40. The highest BCUT2D eigenvalue weighted by molar-refractivity contribution is 5.95. The number of nitrogens with one attached hydrogen (secondary N) is 1. The molecule has 1 aliphatic carbocycles. The minimum Gasteiger partial charge on any atom is -0.309 e. The Morgan fingerprint density at radius 1 is 1.21 bits per heavy atom. The van der Waals surface area contributed by atoms with Crippen molar-refractivity contribution in [2.75, 3.05) is 11.9 Å². The van der Waals surface area contributed by atoms with Crippen molar-refractivity contribution in [2.24, 2.45) is 5.41 Å². The molecule has 150 valence electrons. The fourth-order valence-corrected chi connectivity index (χ4v) is 4.07. The summed E-state index contributed by atoms with van der Waals surface area (Å²) in [5.74, 6) is 0.285. The highest BCUT2D eigenvalue weighted by atomic mass is 19.1. The Hall–Kier alpha value is -2.21. The van der Waals surface area contributed by atoms with Crippen molar-refractivity contribution in [1.82, 2.24) is 14.7 Å². The number of hydrogen-bond acceptors (Lipinski definition) is 3. The van der Waals surface area contributed by atoms with Gasteiger partial charge in [-0.15, -0.1) is 0 Å². The van der Waals surface area contributed by atoms with Gasteiger partial charge in [-0.2, -0.15) is 5.10 Å². The van der Waals surface area contributed by atoms with E-state index in [4.69, 9.17) is 5.10 Å². The van der Waals surface area contributed by atoms with E-state index in [1.54, 1.807) is 12.1 Å². The van der Waals surface area contributed by atoms with Crippen LogP contribution < -0.4 is 5.32 Å². The van der Waals surface area contributed by atoms with Crippen molar-refractivity contribution in [3.8, 4) is 11.1 Å². The van der Waals surface area contributed by atoms with Crippen molar-refractivity contribution in [3.63, 3.8) is 0 Å². The van der Waals surface area contributed by atoms with Crippen molar-refractivity contribution in [3.05, 3.63) is 35.8 Å². The van der Waals surface area contributed by atoms with E-state index in [1.807, 2.05) is 25.5 Å². The fourth-order valence-electron chi connectivity index (χ4n) is 4.07. The van der Waals surface area contributed by atoms with E-state index in [9.17, 15) is 9.18 Å². The molecule has 2 aliphatic rings. The first-order chi connectivity index (χ1) is 13.3. The van der Waals surface area contributed by atoms with Crippen LogP contribution in [0.3, 0.4) is 0 Å². The molecule has 28 heavy (non-hydrogen) atoms. The average Bonchev–Trinajstić information content (AvgIpc) is 2.89. The summed E-state index contributed by atoms with van der Waals surface area (Å²) in [5.41, 5.74) is 2.83. The predicted octanol–water partition coefficient (Wildman–Crippen LogP) is 4.43. The van der Waals surface area contributed by atoms with Gasteiger partial charge in [-0.3, -0.25) is 14.4 Å². The van der Waals surface area contributed by atoms with Gasteiger partial charge in [0.25, 0.3) is 0 Å². The quantitative estimate of drug-likeness (QED) is 0.848. The van der Waals surface area contributed by atoms with Crippen LogP contribution in [0.5, 0.6) is 0 Å². The van der Waals surface area contributed by atoms with Crippen molar-refractivity contribution in [2.45, 2.75) is 65.6 Å². The summed E-state index contributed by atoms with van der Waals surface area (Å²) in [7, 11) is 0. The van der Waals surface area contributed by atoms with Crippen molar-refractivity contribution in [1.29, 1.82) is 0 Å². The third-order valence-electron chi connectivity index (χ3n) is 5.68. The van der Waals surface area contributed by atoms with Gasteiger partial charge >= 0.3 is 0 Å². The monoisotopic (exact) mass is 384 g/mol. The SMILES string of the molecule is CC(C)(C)CC(=O)Nc1nn2c(c1-c1ccc(F)cc1)CN(C1CCC1)CC2. The zero-order chi connectivity index (χ0) is 19.9. The van der Waals surface area contributed by atoms with Gasteiger partial charge in [-0.25, -0.2) is 4.39 Å². The molecule has 0 spiro atoms. The molecule has 1 aliphatic heterocycles. The van der Waals surface area contributed by atoms with E-state index in [1.165, 1.54) is 31.4 Å². The molecule has 0 unspecified atom stereocenters. The zero-order valence-corrected chi connectivity index (χ0v) is 17.0. The van der Waals surface area contributed by atoms with Gasteiger partial charge in [-0.1, -0.05) is 39.3 Å². The molecule has 2 heterocycles. The number of carbonyl (C=O) groups is 1. The number of anilines is 1. The largest absolute Gasteiger partial charge is 0.309 e. The Morgan fingerprint density at radius 2 is 1.93 bits per heavy atom. The lowest BCUT2D eigenvalue weighted by atomic mass is 9.90. The molecule has 0 saturated heterocycles. The van der Waals surface area contributed by atoms with Crippen molar-refractivity contribution >= 4 is 11.7 Å². The Balaban J connectivity index is 1.68. The smallest absolute Gasteiger partial charge is 0.226 e. The summed E-state index contributed by atoms with van der Waals surface area (Å²) in [5, 5.41) is 7.75. The van der Waals surface area contributed by atoms with Crippen LogP contribution >= 0.6 is 0 Å². The molecular weight excluding hydrogens is 355 g/mol. The first-order valence-corrected chi connectivity index (χ1v) is 10.2. The van der Waals surface area contributed by atoms with Crippen LogP contribution in [0.2, 0.25) is 0 Å². The van der Waals surface area contributed by atoms with E-state index in [0.29, 0.717) is 18.3 Å². The molecule has 1 amide bonds. The third-order valence-corrected chi connectivity index (χ3v) is 5.68. The molecule has 0 bridgehead atoms. The number of rotatable bonds is 4. The van der Waals surface area contributed by atoms with Crippen molar-refractivity contribution < 1.29 is 9.18 Å². The molecular formula is C22H29FN4O. The van der Waals surface area contributed by atoms with Gasteiger partial charge in [-0.05, 0) is 36.0 Å². The molecule has 2 aromatic rings. The highest BCUT2D eigenvalue weighted by Crippen LogP contribution is 2.36. The molecule has 0 radical (unpaired) electrons. The molecule has 4 rings (SSSR count). The fraction of sp³-hybridized carbons (Fsp3) is 0.545. The average molecular weight is 384 g/mol. The minimum atomic E-state index is -0.265. The number of benzene rings is 1. The number of nitrogens with zero attached hydrogens (tertiary/aromatic N) is 3. The summed E-state index contributed by atoms with van der Waals surface area (Å²) in [6.45, 7) is 8.75. The normalized spacial score (nSPS) is 17.9. The van der Waals surface area contributed by atoms with Crippen LogP contribution in [0.15, 0.2) is 24.3 Å². The van der Waals surface area contributed by atoms with Crippen LogP contribution in [-0.2, 0) is 17.9 Å². The summed E-state index contributed by atoms with van der Waals surface area (Å²) >= 11 is 0. The Morgan fingerprint density at radius 3 is 2.54 bits per heavy atom. The van der Waals surface area contributed by atoms with Gasteiger partial charge in [0, 0.05) is 31.1 Å². The van der Waals surface area contributed by atoms with Crippen LogP contribution in [0.25, 0.3) is 11.1 Å². The first-order valence-electron chi connectivity index (χ1n) is 10.2. The van der Waals surface area contributed by atoms with Gasteiger partial charge in [0.1, 0.15) is 5.82 Å². The van der Waals surface area contributed by atoms with E-state index < -0.39 is 0 Å². The highest BCUT2D eigenvalue weighted by Gasteiger charge is 2.32. The van der Waals surface area contributed by atoms with E-state index >= 15 is 0 Å². The second-order valence-corrected chi connectivity index (χ2v) is 9.24. The molecule has 1 aromatic carbocycles. The molecule has 1 saturated carbocycles. The van der Waals surface area contributed by atoms with E-state index in [-0.39, 0.29) is 17.1 Å². The molecule has 5 nitrogen and oxygen atoms in total. The molecule has 1 fully saturated rings. The van der Waals surface area contributed by atoms with Gasteiger partial charge in [0.15, 0.2) is 5.82 Å². The summed E-state index contributed by atoms with van der Waals surface area (Å²) in [6.07, 6.45) is 4.25. The number of halogens is 1. The van der Waals surface area contributed by atoms with Gasteiger partial charge in [0.05, 0.1) is 12.2 Å². The zero-order valence-electron chi connectivity index (χ0n) is 17.0. The van der Waals surface area contributed by atoms with Gasteiger partial charge < -0.3 is 5.32 Å². The lowest BCUT2D eigenvalue weighted by molar-refractivity contribution is -0.117. The molecule has 6 heteroatoms. The summed E-state index contributed by atoms with van der Waals surface area (Å²) in [4.78, 5) is 15.1. The number of amides is 1. The third kappa shape index (κ3) is 3.97. The number of aromatic nitrogens is 2. The topological polar surface area (TPSA) is 50.2 Å². The Labute approximate surface area is 165 Å². The summed E-state index contributed by atoms with van der Waals surface area (Å²) in [6, 6.07) is 7.13. The summed E-state index contributed by atoms with van der Waals surface area (Å²) < 4.78 is 15.5. The molecule has 1 aromatic heterocycles. The van der Waals surface area contributed by atoms with E-state index in [2.05, 4.69) is 10.2 Å². The van der Waals surface area contributed by atoms with Gasteiger partial charge in [0.2, 0.25) is 5.91 Å². The number of carbonyl (C=O) groups excluding carboxylic acids is 1. The van der Waals surface area contributed by atoms with Crippen LogP contribution in [-0.4, -0.2) is 33.2 Å². The van der Waals surface area contributed by atoms with E-state index in [0.717, 1.165) is 36.5 Å². The Kier molecular flexibility index (Phi) is 5.00. The lowest BCUT2D eigenvalue weighted by Crippen LogP contribution is -2.44. The minimum absolute atomic E-state index is 0.0397. The Bertz CT molecular complexity index is 862. The predicted molar refractivity (Wildman–Crippen MR) is 108 cm³/mol. The first kappa shape index (κ1) is 19.1. The standard InChI is InChI=1S/C22H29FN4O/c1-22(2,3)13-19(28)24-21-20(15-7-9-16(23)10-8-15)18-14-26(17-5-4-6-17)11-12-27(18)25-21/h7-10,17H,4-6,11-14H2,1-3H3,(H,24,25,28).